The Bertz CT molecular complexity index is 483. The van der Waals surface area contributed by atoms with Gasteiger partial charge in [0, 0.05) is 10.0 Å². The molecule has 1 aromatic heterocycles. The molecule has 0 bridgehead atoms. The standard InChI is InChI=1S/C11H10Cl2N2O/c1-6-11(7(2)15-14-6)16-10-4-8(12)3-9(13)5-10/h3-5H,1-2H3,(H,14,15). The number of nitrogens with one attached hydrogen (secondary N) is 1. The van der Waals surface area contributed by atoms with E-state index in [-0.39, 0.29) is 0 Å². The molecule has 0 atom stereocenters. The molecule has 1 heterocycles. The van der Waals surface area contributed by atoms with E-state index in [1.165, 1.54) is 0 Å². The van der Waals surface area contributed by atoms with Crippen LogP contribution >= 0.6 is 23.2 Å². The van der Waals surface area contributed by atoms with Crippen molar-refractivity contribution in [2.24, 2.45) is 0 Å². The van der Waals surface area contributed by atoms with E-state index in [4.69, 9.17) is 27.9 Å². The summed E-state index contributed by atoms with van der Waals surface area (Å²) in [6.45, 7) is 3.76. The summed E-state index contributed by atoms with van der Waals surface area (Å²) in [6.07, 6.45) is 0. The fourth-order valence-corrected chi connectivity index (χ4v) is 1.90. The zero-order chi connectivity index (χ0) is 11.7. The summed E-state index contributed by atoms with van der Waals surface area (Å²) in [5, 5.41) is 7.97. The van der Waals surface area contributed by atoms with Crippen molar-refractivity contribution in [2.75, 3.05) is 0 Å². The normalized spacial score (nSPS) is 10.5. The minimum atomic E-state index is 0.543. The van der Waals surface area contributed by atoms with Crippen LogP contribution in [0.15, 0.2) is 18.2 Å². The zero-order valence-electron chi connectivity index (χ0n) is 8.84. The van der Waals surface area contributed by atoms with Crippen molar-refractivity contribution >= 4 is 23.2 Å². The van der Waals surface area contributed by atoms with Crippen molar-refractivity contribution in [1.82, 2.24) is 10.2 Å². The van der Waals surface area contributed by atoms with Gasteiger partial charge in [0.15, 0.2) is 5.75 Å². The number of nitrogens with zero attached hydrogens (tertiary/aromatic N) is 1. The average Bonchev–Trinajstić information content (AvgIpc) is 2.48. The smallest absolute Gasteiger partial charge is 0.170 e. The SMILES string of the molecule is Cc1n[nH]c(C)c1Oc1cc(Cl)cc(Cl)c1. The zero-order valence-corrected chi connectivity index (χ0v) is 10.4. The largest absolute Gasteiger partial charge is 0.453 e. The first kappa shape index (κ1) is 11.3. The average molecular weight is 257 g/mol. The summed E-state index contributed by atoms with van der Waals surface area (Å²) in [5.74, 6) is 1.31. The number of aryl methyl sites for hydroxylation is 2. The lowest BCUT2D eigenvalue weighted by Crippen LogP contribution is -1.87. The third-order valence-corrected chi connectivity index (χ3v) is 2.55. The maximum Gasteiger partial charge on any atom is 0.170 e. The van der Waals surface area contributed by atoms with Crippen LogP contribution in [0.25, 0.3) is 0 Å². The molecule has 5 heteroatoms. The molecule has 0 fully saturated rings. The van der Waals surface area contributed by atoms with E-state index in [0.717, 1.165) is 11.4 Å². The monoisotopic (exact) mass is 256 g/mol. The summed E-state index contributed by atoms with van der Waals surface area (Å²) in [5.41, 5.74) is 1.67. The van der Waals surface area contributed by atoms with Gasteiger partial charge in [0.25, 0.3) is 0 Å². The molecule has 2 aromatic rings. The maximum absolute atomic E-state index is 5.88. The maximum atomic E-state index is 5.88. The molecule has 0 aliphatic carbocycles. The second-order valence-electron chi connectivity index (χ2n) is 3.47. The molecule has 1 N–H and O–H groups in total. The number of halogens is 2. The lowest BCUT2D eigenvalue weighted by atomic mass is 10.3. The highest BCUT2D eigenvalue weighted by Crippen LogP contribution is 2.30. The Morgan fingerprint density at radius 2 is 1.75 bits per heavy atom. The number of H-pyrrole nitrogens is 1. The Morgan fingerprint density at radius 3 is 2.25 bits per heavy atom. The molecule has 0 saturated heterocycles. The number of hydrogen-bond acceptors (Lipinski definition) is 2. The fraction of sp³-hybridized carbons (Fsp3) is 0.182. The Morgan fingerprint density at radius 1 is 1.12 bits per heavy atom. The van der Waals surface area contributed by atoms with Gasteiger partial charge < -0.3 is 4.74 Å². The number of hydrogen-bond donors (Lipinski definition) is 1. The predicted molar refractivity (Wildman–Crippen MR) is 64.6 cm³/mol. The summed E-state index contributed by atoms with van der Waals surface area (Å²) < 4.78 is 5.68. The molecule has 84 valence electrons. The number of aromatic amines is 1. The van der Waals surface area contributed by atoms with Gasteiger partial charge >= 0.3 is 0 Å². The first-order chi connectivity index (χ1) is 7.56. The molecular formula is C11H10Cl2N2O. The minimum Gasteiger partial charge on any atom is -0.453 e. The van der Waals surface area contributed by atoms with E-state index in [0.29, 0.717) is 21.5 Å². The highest BCUT2D eigenvalue weighted by Gasteiger charge is 2.09. The number of benzene rings is 1. The van der Waals surface area contributed by atoms with Crippen LogP contribution in [-0.2, 0) is 0 Å². The molecule has 2 rings (SSSR count). The van der Waals surface area contributed by atoms with Crippen molar-refractivity contribution in [3.63, 3.8) is 0 Å². The summed E-state index contributed by atoms with van der Waals surface area (Å²) in [7, 11) is 0. The van der Waals surface area contributed by atoms with Gasteiger partial charge in [-0.25, -0.2) is 0 Å². The lowest BCUT2D eigenvalue weighted by Gasteiger charge is -2.06. The lowest BCUT2D eigenvalue weighted by molar-refractivity contribution is 0.475. The van der Waals surface area contributed by atoms with Gasteiger partial charge in [-0.3, -0.25) is 5.10 Å². The minimum absolute atomic E-state index is 0.543. The van der Waals surface area contributed by atoms with Crippen LogP contribution in [0.1, 0.15) is 11.4 Å². The van der Waals surface area contributed by atoms with Gasteiger partial charge in [0.1, 0.15) is 11.4 Å². The Labute approximate surface area is 103 Å². The quantitative estimate of drug-likeness (QED) is 0.878. The number of aromatic nitrogens is 2. The van der Waals surface area contributed by atoms with Crippen molar-refractivity contribution < 1.29 is 4.74 Å². The molecule has 0 radical (unpaired) electrons. The van der Waals surface area contributed by atoms with Crippen LogP contribution < -0.4 is 4.74 Å². The third-order valence-electron chi connectivity index (χ3n) is 2.12. The summed E-state index contributed by atoms with van der Waals surface area (Å²) in [6, 6.07) is 5.07. The van der Waals surface area contributed by atoms with Crippen LogP contribution in [0, 0.1) is 13.8 Å². The van der Waals surface area contributed by atoms with Gasteiger partial charge in [-0.1, -0.05) is 23.2 Å². The van der Waals surface area contributed by atoms with E-state index >= 15 is 0 Å². The van der Waals surface area contributed by atoms with Crippen LogP contribution in [0.4, 0.5) is 0 Å². The summed E-state index contributed by atoms with van der Waals surface area (Å²) >= 11 is 11.8. The van der Waals surface area contributed by atoms with E-state index in [1.807, 2.05) is 13.8 Å². The van der Waals surface area contributed by atoms with E-state index < -0.39 is 0 Å². The van der Waals surface area contributed by atoms with Crippen molar-refractivity contribution in [3.05, 3.63) is 39.6 Å². The fourth-order valence-electron chi connectivity index (χ4n) is 1.40. The van der Waals surface area contributed by atoms with Crippen molar-refractivity contribution in [2.45, 2.75) is 13.8 Å². The first-order valence-electron chi connectivity index (χ1n) is 4.72. The van der Waals surface area contributed by atoms with E-state index in [9.17, 15) is 0 Å². The van der Waals surface area contributed by atoms with Crippen molar-refractivity contribution in [3.8, 4) is 11.5 Å². The number of rotatable bonds is 2. The Kier molecular flexibility index (Phi) is 3.08. The first-order valence-corrected chi connectivity index (χ1v) is 5.47. The molecule has 0 saturated carbocycles. The molecule has 3 nitrogen and oxygen atoms in total. The van der Waals surface area contributed by atoms with E-state index in [2.05, 4.69) is 10.2 Å². The molecular weight excluding hydrogens is 247 g/mol. The molecule has 0 aliphatic heterocycles. The highest BCUT2D eigenvalue weighted by atomic mass is 35.5. The van der Waals surface area contributed by atoms with Gasteiger partial charge in [-0.05, 0) is 32.0 Å². The third kappa shape index (κ3) is 2.31. The van der Waals surface area contributed by atoms with Gasteiger partial charge in [0.2, 0.25) is 0 Å². The highest BCUT2D eigenvalue weighted by molar-refractivity contribution is 6.34. The van der Waals surface area contributed by atoms with Gasteiger partial charge in [0.05, 0.1) is 5.69 Å². The summed E-state index contributed by atoms with van der Waals surface area (Å²) in [4.78, 5) is 0. The molecule has 0 aliphatic rings. The van der Waals surface area contributed by atoms with Gasteiger partial charge in [-0.2, -0.15) is 5.10 Å². The molecule has 0 spiro atoms. The molecule has 16 heavy (non-hydrogen) atoms. The van der Waals surface area contributed by atoms with Crippen LogP contribution in [0.3, 0.4) is 0 Å². The molecule has 0 unspecified atom stereocenters. The van der Waals surface area contributed by atoms with Gasteiger partial charge in [-0.15, -0.1) is 0 Å². The second-order valence-corrected chi connectivity index (χ2v) is 4.34. The Balaban J connectivity index is 2.34. The topological polar surface area (TPSA) is 37.9 Å². The van der Waals surface area contributed by atoms with Crippen LogP contribution in [0.5, 0.6) is 11.5 Å². The van der Waals surface area contributed by atoms with Crippen LogP contribution in [0.2, 0.25) is 10.0 Å². The molecule has 1 aromatic carbocycles. The predicted octanol–water partition coefficient (Wildman–Crippen LogP) is 4.13. The van der Waals surface area contributed by atoms with Crippen LogP contribution in [-0.4, -0.2) is 10.2 Å². The second kappa shape index (κ2) is 4.36. The van der Waals surface area contributed by atoms with E-state index in [1.54, 1.807) is 18.2 Å². The number of ether oxygens (including phenoxy) is 1. The Hall–Kier alpha value is -1.19. The van der Waals surface area contributed by atoms with Crippen molar-refractivity contribution in [1.29, 1.82) is 0 Å². The molecule has 0 amide bonds.